The van der Waals surface area contributed by atoms with Crippen molar-refractivity contribution in [2.75, 3.05) is 13.1 Å². The Morgan fingerprint density at radius 3 is 2.62 bits per heavy atom. The van der Waals surface area contributed by atoms with Gasteiger partial charge in [-0.2, -0.15) is 0 Å². The van der Waals surface area contributed by atoms with Gasteiger partial charge in [-0.1, -0.05) is 0 Å². The van der Waals surface area contributed by atoms with Crippen molar-refractivity contribution in [2.24, 2.45) is 0 Å². The van der Waals surface area contributed by atoms with Gasteiger partial charge in [0.2, 0.25) is 0 Å². The second kappa shape index (κ2) is 4.57. The van der Waals surface area contributed by atoms with Crippen molar-refractivity contribution in [3.63, 3.8) is 0 Å². The standard InChI is InChI=1S/C11H16N4O/c1-8-6-15(7-9(2)14-8)11(16)10-5-12-3-4-13-10/h3-5,8-9,14H,6-7H2,1-2H3. The summed E-state index contributed by atoms with van der Waals surface area (Å²) in [5.41, 5.74) is 0.420. The van der Waals surface area contributed by atoms with Crippen molar-refractivity contribution in [3.8, 4) is 0 Å². The van der Waals surface area contributed by atoms with Gasteiger partial charge in [0, 0.05) is 37.6 Å². The third-order valence-corrected chi connectivity index (χ3v) is 2.63. The lowest BCUT2D eigenvalue weighted by molar-refractivity contribution is 0.0667. The Morgan fingerprint density at radius 1 is 1.38 bits per heavy atom. The molecule has 1 fully saturated rings. The van der Waals surface area contributed by atoms with Crippen LogP contribution in [-0.4, -0.2) is 45.9 Å². The Hall–Kier alpha value is -1.49. The van der Waals surface area contributed by atoms with Gasteiger partial charge in [0.25, 0.3) is 5.91 Å². The first kappa shape index (κ1) is 11.0. The molecular weight excluding hydrogens is 204 g/mol. The van der Waals surface area contributed by atoms with Crippen LogP contribution >= 0.6 is 0 Å². The molecule has 1 aliphatic rings. The van der Waals surface area contributed by atoms with E-state index in [4.69, 9.17) is 0 Å². The number of nitrogens with one attached hydrogen (secondary N) is 1. The molecule has 1 N–H and O–H groups in total. The van der Waals surface area contributed by atoms with Gasteiger partial charge in [-0.3, -0.25) is 9.78 Å². The molecule has 1 aromatic rings. The molecule has 1 saturated heterocycles. The molecule has 2 heterocycles. The quantitative estimate of drug-likeness (QED) is 0.739. The van der Waals surface area contributed by atoms with E-state index < -0.39 is 0 Å². The van der Waals surface area contributed by atoms with E-state index in [1.807, 2.05) is 4.90 Å². The highest BCUT2D eigenvalue weighted by atomic mass is 16.2. The van der Waals surface area contributed by atoms with Crippen molar-refractivity contribution in [1.29, 1.82) is 0 Å². The predicted octanol–water partition coefficient (Wildman–Crippen LogP) is 0.299. The average Bonchev–Trinajstić information content (AvgIpc) is 2.28. The Labute approximate surface area is 94.9 Å². The monoisotopic (exact) mass is 220 g/mol. The molecular formula is C11H16N4O. The summed E-state index contributed by atoms with van der Waals surface area (Å²) in [5, 5.41) is 3.39. The maximum absolute atomic E-state index is 12.1. The molecule has 1 amide bonds. The SMILES string of the molecule is CC1CN(C(=O)c2cnccn2)CC(C)N1. The zero-order valence-electron chi connectivity index (χ0n) is 9.55. The van der Waals surface area contributed by atoms with Gasteiger partial charge in [-0.05, 0) is 13.8 Å². The molecule has 2 atom stereocenters. The molecule has 1 aliphatic heterocycles. The minimum Gasteiger partial charge on any atom is -0.334 e. The molecule has 1 aromatic heterocycles. The highest BCUT2D eigenvalue weighted by Crippen LogP contribution is 2.07. The molecule has 0 radical (unpaired) electrons. The van der Waals surface area contributed by atoms with E-state index in [2.05, 4.69) is 29.1 Å². The van der Waals surface area contributed by atoms with Crippen LogP contribution in [-0.2, 0) is 0 Å². The lowest BCUT2D eigenvalue weighted by Gasteiger charge is -2.35. The van der Waals surface area contributed by atoms with Crippen LogP contribution in [0.15, 0.2) is 18.6 Å². The van der Waals surface area contributed by atoms with E-state index in [1.165, 1.54) is 6.20 Å². The van der Waals surface area contributed by atoms with Crippen LogP contribution in [0.5, 0.6) is 0 Å². The third-order valence-electron chi connectivity index (χ3n) is 2.63. The normalized spacial score (nSPS) is 25.5. The summed E-state index contributed by atoms with van der Waals surface area (Å²) in [7, 11) is 0. The maximum Gasteiger partial charge on any atom is 0.274 e. The second-order valence-corrected chi connectivity index (χ2v) is 4.27. The highest BCUT2D eigenvalue weighted by Gasteiger charge is 2.26. The summed E-state index contributed by atoms with van der Waals surface area (Å²) in [6.45, 7) is 5.60. The molecule has 0 bridgehead atoms. The lowest BCUT2D eigenvalue weighted by Crippen LogP contribution is -2.55. The molecule has 2 unspecified atom stereocenters. The molecule has 0 aromatic carbocycles. The number of amides is 1. The number of carbonyl (C=O) groups is 1. The van der Waals surface area contributed by atoms with Crippen LogP contribution in [0.25, 0.3) is 0 Å². The Kier molecular flexibility index (Phi) is 3.14. The Balaban J connectivity index is 2.10. The van der Waals surface area contributed by atoms with Crippen LogP contribution in [0.1, 0.15) is 24.3 Å². The van der Waals surface area contributed by atoms with E-state index in [1.54, 1.807) is 12.4 Å². The predicted molar refractivity (Wildman–Crippen MR) is 60.0 cm³/mol. The average molecular weight is 220 g/mol. The first-order chi connectivity index (χ1) is 7.66. The number of hydrogen-bond acceptors (Lipinski definition) is 4. The smallest absolute Gasteiger partial charge is 0.274 e. The van der Waals surface area contributed by atoms with Crippen LogP contribution in [0, 0.1) is 0 Å². The lowest BCUT2D eigenvalue weighted by atomic mass is 10.1. The summed E-state index contributed by atoms with van der Waals surface area (Å²) >= 11 is 0. The van der Waals surface area contributed by atoms with E-state index >= 15 is 0 Å². The van der Waals surface area contributed by atoms with Gasteiger partial charge in [-0.25, -0.2) is 4.98 Å². The summed E-state index contributed by atoms with van der Waals surface area (Å²) in [4.78, 5) is 21.9. The summed E-state index contributed by atoms with van der Waals surface area (Å²) < 4.78 is 0. The Morgan fingerprint density at radius 2 is 2.06 bits per heavy atom. The Bertz CT molecular complexity index is 358. The molecule has 86 valence electrons. The largest absolute Gasteiger partial charge is 0.334 e. The first-order valence-electron chi connectivity index (χ1n) is 5.48. The third kappa shape index (κ3) is 2.36. The molecule has 0 aliphatic carbocycles. The van der Waals surface area contributed by atoms with E-state index in [0.29, 0.717) is 17.8 Å². The molecule has 5 nitrogen and oxygen atoms in total. The highest BCUT2D eigenvalue weighted by molar-refractivity contribution is 5.92. The van der Waals surface area contributed by atoms with E-state index in [-0.39, 0.29) is 5.91 Å². The molecule has 2 rings (SSSR count). The van der Waals surface area contributed by atoms with Crippen LogP contribution < -0.4 is 5.32 Å². The van der Waals surface area contributed by atoms with E-state index in [0.717, 1.165) is 13.1 Å². The number of carbonyl (C=O) groups excluding carboxylic acids is 1. The van der Waals surface area contributed by atoms with Gasteiger partial charge < -0.3 is 10.2 Å². The fraction of sp³-hybridized carbons (Fsp3) is 0.545. The summed E-state index contributed by atoms with van der Waals surface area (Å²) in [5.74, 6) is -0.0340. The van der Waals surface area contributed by atoms with Gasteiger partial charge >= 0.3 is 0 Å². The molecule has 0 spiro atoms. The minimum atomic E-state index is -0.0340. The summed E-state index contributed by atoms with van der Waals surface area (Å²) in [6.07, 6.45) is 4.63. The number of nitrogens with zero attached hydrogens (tertiary/aromatic N) is 3. The van der Waals surface area contributed by atoms with E-state index in [9.17, 15) is 4.79 Å². The van der Waals surface area contributed by atoms with Crippen molar-refractivity contribution < 1.29 is 4.79 Å². The van der Waals surface area contributed by atoms with Crippen molar-refractivity contribution in [3.05, 3.63) is 24.3 Å². The summed E-state index contributed by atoms with van der Waals surface area (Å²) in [6, 6.07) is 0.647. The fourth-order valence-corrected chi connectivity index (χ4v) is 2.06. The molecule has 0 saturated carbocycles. The number of hydrogen-bond donors (Lipinski definition) is 1. The maximum atomic E-state index is 12.1. The second-order valence-electron chi connectivity index (χ2n) is 4.27. The van der Waals surface area contributed by atoms with Crippen LogP contribution in [0.4, 0.5) is 0 Å². The zero-order chi connectivity index (χ0) is 11.5. The number of rotatable bonds is 1. The number of aromatic nitrogens is 2. The van der Waals surface area contributed by atoms with Crippen molar-refractivity contribution in [1.82, 2.24) is 20.2 Å². The topological polar surface area (TPSA) is 58.1 Å². The van der Waals surface area contributed by atoms with Gasteiger partial charge in [0.05, 0.1) is 6.20 Å². The van der Waals surface area contributed by atoms with Gasteiger partial charge in [-0.15, -0.1) is 0 Å². The van der Waals surface area contributed by atoms with Crippen LogP contribution in [0.3, 0.4) is 0 Å². The van der Waals surface area contributed by atoms with Crippen LogP contribution in [0.2, 0.25) is 0 Å². The fourth-order valence-electron chi connectivity index (χ4n) is 2.06. The minimum absolute atomic E-state index is 0.0340. The molecule has 16 heavy (non-hydrogen) atoms. The molecule has 5 heteroatoms. The van der Waals surface area contributed by atoms with Crippen molar-refractivity contribution >= 4 is 5.91 Å². The first-order valence-corrected chi connectivity index (χ1v) is 5.48. The zero-order valence-corrected chi connectivity index (χ0v) is 9.55. The van der Waals surface area contributed by atoms with Gasteiger partial charge in [0.1, 0.15) is 5.69 Å². The van der Waals surface area contributed by atoms with Crippen molar-refractivity contribution in [2.45, 2.75) is 25.9 Å². The van der Waals surface area contributed by atoms with Gasteiger partial charge in [0.15, 0.2) is 0 Å². The number of piperazine rings is 1.